The van der Waals surface area contributed by atoms with Gasteiger partial charge in [0.2, 0.25) is 0 Å². The van der Waals surface area contributed by atoms with E-state index in [0.717, 1.165) is 28.8 Å². The SMILES string of the molecule is O=COP(c1ccccc1)(c1ccccc1)(c1ccccc1)C1CCCC1. The molecule has 0 aromatic heterocycles. The van der Waals surface area contributed by atoms with Gasteiger partial charge in [-0.15, -0.1) is 0 Å². The van der Waals surface area contributed by atoms with E-state index in [1.165, 1.54) is 12.8 Å². The first kappa shape index (κ1) is 17.9. The van der Waals surface area contributed by atoms with Crippen molar-refractivity contribution in [1.82, 2.24) is 0 Å². The number of hydrogen-bond acceptors (Lipinski definition) is 2. The summed E-state index contributed by atoms with van der Waals surface area (Å²) in [6.07, 6.45) is 4.50. The summed E-state index contributed by atoms with van der Waals surface area (Å²) in [6, 6.07) is 31.4. The van der Waals surface area contributed by atoms with Crippen LogP contribution in [0, 0.1) is 0 Å². The van der Waals surface area contributed by atoms with Crippen molar-refractivity contribution in [2.45, 2.75) is 31.3 Å². The fraction of sp³-hybridized carbons (Fsp3) is 0.208. The number of hydrogen-bond donors (Lipinski definition) is 0. The maximum absolute atomic E-state index is 12.1. The van der Waals surface area contributed by atoms with Crippen LogP contribution < -0.4 is 15.9 Å². The van der Waals surface area contributed by atoms with E-state index in [4.69, 9.17) is 4.52 Å². The van der Waals surface area contributed by atoms with E-state index >= 15 is 0 Å². The van der Waals surface area contributed by atoms with E-state index < -0.39 is 6.83 Å². The normalized spacial score (nSPS) is 16.4. The molecule has 0 radical (unpaired) electrons. The van der Waals surface area contributed by atoms with Crippen LogP contribution in [-0.4, -0.2) is 12.1 Å². The first-order chi connectivity index (χ1) is 13.3. The van der Waals surface area contributed by atoms with Gasteiger partial charge in [0.25, 0.3) is 0 Å². The van der Waals surface area contributed by atoms with E-state index in [0.29, 0.717) is 12.1 Å². The van der Waals surface area contributed by atoms with Crippen molar-refractivity contribution in [3.05, 3.63) is 91.0 Å². The van der Waals surface area contributed by atoms with Crippen molar-refractivity contribution in [3.8, 4) is 0 Å². The molecule has 0 heterocycles. The Bertz CT molecular complexity index is 788. The fourth-order valence-corrected chi connectivity index (χ4v) is 11.5. The third-order valence-electron chi connectivity index (χ3n) is 6.09. The van der Waals surface area contributed by atoms with E-state index in [1.807, 2.05) is 18.2 Å². The van der Waals surface area contributed by atoms with Crippen LogP contribution in [0.25, 0.3) is 0 Å². The Hall–Kier alpha value is -2.44. The summed E-state index contributed by atoms with van der Waals surface area (Å²) in [5, 5.41) is 3.42. The van der Waals surface area contributed by atoms with Gasteiger partial charge in [0, 0.05) is 0 Å². The number of rotatable bonds is 6. The fourth-order valence-electron chi connectivity index (χ4n) is 5.01. The average Bonchev–Trinajstić information content (AvgIpc) is 3.30. The molecule has 1 aliphatic carbocycles. The molecule has 0 amide bonds. The van der Waals surface area contributed by atoms with Gasteiger partial charge in [-0.05, 0) is 0 Å². The zero-order valence-electron chi connectivity index (χ0n) is 15.4. The van der Waals surface area contributed by atoms with Crippen LogP contribution in [0.5, 0.6) is 0 Å². The predicted octanol–water partition coefficient (Wildman–Crippen LogP) is 4.55. The van der Waals surface area contributed by atoms with Crippen molar-refractivity contribution in [1.29, 1.82) is 0 Å². The first-order valence-electron chi connectivity index (χ1n) is 9.63. The second-order valence-corrected chi connectivity index (χ2v) is 11.9. The number of carbonyl (C=O) groups excluding carboxylic acids is 1. The van der Waals surface area contributed by atoms with Crippen molar-refractivity contribution >= 4 is 29.2 Å². The second kappa shape index (κ2) is 7.29. The third kappa shape index (κ3) is 2.55. The molecule has 138 valence electrons. The molecule has 0 saturated heterocycles. The molecule has 0 N–H and O–H groups in total. The van der Waals surface area contributed by atoms with Crippen LogP contribution in [0.2, 0.25) is 0 Å². The summed E-state index contributed by atoms with van der Waals surface area (Å²) in [7, 11) is 0. The zero-order valence-corrected chi connectivity index (χ0v) is 16.3. The molecule has 0 aliphatic heterocycles. The zero-order chi connectivity index (χ0) is 18.6. The van der Waals surface area contributed by atoms with Gasteiger partial charge in [-0.2, -0.15) is 0 Å². The Labute approximate surface area is 161 Å². The molecule has 27 heavy (non-hydrogen) atoms. The summed E-state index contributed by atoms with van der Waals surface area (Å²) >= 11 is 0. The van der Waals surface area contributed by atoms with E-state index in [-0.39, 0.29) is 0 Å². The second-order valence-electron chi connectivity index (χ2n) is 7.25. The topological polar surface area (TPSA) is 26.3 Å². The third-order valence-corrected chi connectivity index (χ3v) is 12.5. The van der Waals surface area contributed by atoms with Gasteiger partial charge in [0.15, 0.2) is 0 Å². The summed E-state index contributed by atoms with van der Waals surface area (Å²) in [6.45, 7) is -2.73. The van der Waals surface area contributed by atoms with Crippen LogP contribution in [-0.2, 0) is 9.32 Å². The van der Waals surface area contributed by atoms with Crippen molar-refractivity contribution in [3.63, 3.8) is 0 Å². The Morgan fingerprint density at radius 1 is 0.667 bits per heavy atom. The standard InChI is InChI=1S/C24H25O2P/c25-20-26-27(24-18-10-11-19-24,21-12-4-1-5-13-21,22-14-6-2-7-15-22)23-16-8-3-9-17-23/h1-9,12-17,20,24H,10-11,18-19H2. The van der Waals surface area contributed by atoms with Gasteiger partial charge in [-0.25, -0.2) is 0 Å². The van der Waals surface area contributed by atoms with Gasteiger partial charge >= 0.3 is 161 Å². The Balaban J connectivity index is 2.19. The molecule has 1 saturated carbocycles. The number of benzene rings is 3. The molecular formula is C24H25O2P. The van der Waals surface area contributed by atoms with Crippen molar-refractivity contribution in [2.24, 2.45) is 0 Å². The number of carbonyl (C=O) groups is 1. The molecule has 0 atom stereocenters. The molecule has 4 rings (SSSR count). The van der Waals surface area contributed by atoms with Gasteiger partial charge in [-0.1, -0.05) is 0 Å². The summed E-state index contributed by atoms with van der Waals surface area (Å²) in [5.74, 6) is 0. The summed E-state index contributed by atoms with van der Waals surface area (Å²) < 4.78 is 6.51. The Morgan fingerprint density at radius 2 is 1.04 bits per heavy atom. The molecular weight excluding hydrogens is 351 g/mol. The van der Waals surface area contributed by atoms with Crippen LogP contribution in [0.4, 0.5) is 0 Å². The monoisotopic (exact) mass is 376 g/mol. The quantitative estimate of drug-likeness (QED) is 0.466. The van der Waals surface area contributed by atoms with Crippen LogP contribution in [0.3, 0.4) is 0 Å². The van der Waals surface area contributed by atoms with Crippen molar-refractivity contribution < 1.29 is 9.32 Å². The van der Waals surface area contributed by atoms with Gasteiger partial charge < -0.3 is 0 Å². The first-order valence-corrected chi connectivity index (χ1v) is 11.9. The molecule has 3 aromatic carbocycles. The molecule has 1 aliphatic rings. The van der Waals surface area contributed by atoms with Gasteiger partial charge in [0.1, 0.15) is 0 Å². The molecule has 3 heteroatoms. The molecule has 0 spiro atoms. The van der Waals surface area contributed by atoms with E-state index in [1.54, 1.807) is 0 Å². The minimum absolute atomic E-state index is 0.299. The predicted molar refractivity (Wildman–Crippen MR) is 115 cm³/mol. The molecule has 3 aromatic rings. The van der Waals surface area contributed by atoms with E-state index in [9.17, 15) is 4.79 Å². The van der Waals surface area contributed by atoms with Crippen molar-refractivity contribution in [2.75, 3.05) is 0 Å². The van der Waals surface area contributed by atoms with E-state index in [2.05, 4.69) is 72.8 Å². The Morgan fingerprint density at radius 3 is 1.37 bits per heavy atom. The Kier molecular flexibility index (Phi) is 4.85. The summed E-state index contributed by atoms with van der Waals surface area (Å²) in [5.41, 5.74) is 0.299. The maximum atomic E-state index is 12.1. The molecule has 1 fully saturated rings. The van der Waals surface area contributed by atoms with Crippen LogP contribution >= 0.6 is 6.83 Å². The van der Waals surface area contributed by atoms with Gasteiger partial charge in [-0.3, -0.25) is 0 Å². The van der Waals surface area contributed by atoms with Gasteiger partial charge in [0.05, 0.1) is 0 Å². The molecule has 0 bridgehead atoms. The van der Waals surface area contributed by atoms with Crippen LogP contribution in [0.15, 0.2) is 91.0 Å². The molecule has 0 unspecified atom stereocenters. The molecule has 2 nitrogen and oxygen atoms in total. The average molecular weight is 376 g/mol. The summed E-state index contributed by atoms with van der Waals surface area (Å²) in [4.78, 5) is 12.1. The minimum atomic E-state index is -3.43. The van der Waals surface area contributed by atoms with Crippen LogP contribution in [0.1, 0.15) is 25.7 Å².